The molecule has 11 heteroatoms. The number of aromatic carboxylic acids is 2. The van der Waals surface area contributed by atoms with Crippen LogP contribution in [0.1, 0.15) is 72.7 Å². The second kappa shape index (κ2) is 12.8. The molecule has 36 heavy (non-hydrogen) atoms. The van der Waals surface area contributed by atoms with E-state index in [1.165, 1.54) is 17.0 Å². The number of hydrogen-bond donors (Lipinski definition) is 3. The van der Waals surface area contributed by atoms with Crippen molar-refractivity contribution in [3.8, 4) is 0 Å². The van der Waals surface area contributed by atoms with Crippen LogP contribution in [0.3, 0.4) is 0 Å². The van der Waals surface area contributed by atoms with Gasteiger partial charge in [0.25, 0.3) is 0 Å². The van der Waals surface area contributed by atoms with E-state index in [0.717, 1.165) is 19.4 Å². The van der Waals surface area contributed by atoms with E-state index in [2.05, 4.69) is 54.9 Å². The summed E-state index contributed by atoms with van der Waals surface area (Å²) in [6.45, 7) is 7.54. The van der Waals surface area contributed by atoms with Crippen LogP contribution in [-0.2, 0) is 10.2 Å². The van der Waals surface area contributed by atoms with Crippen LogP contribution in [0.25, 0.3) is 0 Å². The summed E-state index contributed by atoms with van der Waals surface area (Å²) in [6, 6.07) is 8.47. The van der Waals surface area contributed by atoms with Gasteiger partial charge >= 0.3 is 11.9 Å². The van der Waals surface area contributed by atoms with E-state index >= 15 is 0 Å². The van der Waals surface area contributed by atoms with Crippen molar-refractivity contribution in [3.05, 3.63) is 51.7 Å². The lowest BCUT2D eigenvalue weighted by molar-refractivity contribution is -0.439. The van der Waals surface area contributed by atoms with Gasteiger partial charge in [0, 0.05) is 35.0 Å². The topological polar surface area (TPSA) is 107 Å². The average molecular weight is 895 g/mol. The molecule has 1 aliphatic rings. The predicted molar refractivity (Wildman–Crippen MR) is 161 cm³/mol. The molecule has 0 bridgehead atoms. The number of anilines is 1. The Hall–Kier alpha value is -0.810. The number of para-hydroxylation sites is 1. The number of carboxylic acids is 2. The number of carbonyl (C=O) groups is 3. The maximum Gasteiger partial charge on any atom is 0.337 e. The fourth-order valence-corrected chi connectivity index (χ4v) is 8.68. The summed E-state index contributed by atoms with van der Waals surface area (Å²) in [7, 11) is 0. The van der Waals surface area contributed by atoms with Gasteiger partial charge in [-0.05, 0) is 94.5 Å². The number of halogens is 4. The van der Waals surface area contributed by atoms with Crippen molar-refractivity contribution in [1.82, 2.24) is 0 Å². The molecule has 0 fully saturated rings. The van der Waals surface area contributed by atoms with E-state index in [1.54, 1.807) is 22.6 Å². The summed E-state index contributed by atoms with van der Waals surface area (Å²) in [5, 5.41) is 21.9. The molecule has 0 unspecified atom stereocenters. The van der Waals surface area contributed by atoms with Crippen molar-refractivity contribution in [1.29, 1.82) is 0 Å². The number of benzene rings is 2. The molecule has 0 aliphatic carbocycles. The first kappa shape index (κ1) is 31.4. The van der Waals surface area contributed by atoms with Gasteiger partial charge in [-0.25, -0.2) is 9.59 Å². The quantitative estimate of drug-likeness (QED) is 0.203. The van der Waals surface area contributed by atoms with E-state index in [9.17, 15) is 24.6 Å². The van der Waals surface area contributed by atoms with E-state index < -0.39 is 11.9 Å². The normalized spacial score (nSPS) is 13.7. The highest BCUT2D eigenvalue weighted by atomic mass is 127. The molecule has 0 aromatic heterocycles. The third-order valence-electron chi connectivity index (χ3n) is 6.47. The summed E-state index contributed by atoms with van der Waals surface area (Å²) in [5.74, 6) is -2.72. The van der Waals surface area contributed by atoms with Gasteiger partial charge in [-0.15, -0.1) is 0 Å². The van der Waals surface area contributed by atoms with Crippen LogP contribution >= 0.6 is 67.8 Å². The summed E-state index contributed by atoms with van der Waals surface area (Å²) in [5.41, 5.74) is 3.93. The highest BCUT2D eigenvalue weighted by Crippen LogP contribution is 2.39. The molecule has 2 aromatic carbocycles. The third-order valence-corrected chi connectivity index (χ3v) is 9.71. The Morgan fingerprint density at radius 3 is 2.03 bits per heavy atom. The number of carbonyl (C=O) groups excluding carboxylic acids is 1. The van der Waals surface area contributed by atoms with Crippen molar-refractivity contribution in [2.24, 2.45) is 0 Å². The minimum Gasteiger partial charge on any atom is -1.00 e. The van der Waals surface area contributed by atoms with Crippen molar-refractivity contribution < 1.29 is 46.2 Å². The van der Waals surface area contributed by atoms with Gasteiger partial charge in [0.2, 0.25) is 11.6 Å². The van der Waals surface area contributed by atoms with Gasteiger partial charge in [0.05, 0.1) is 29.4 Å². The first-order chi connectivity index (χ1) is 16.4. The molecule has 0 saturated carbocycles. The second-order valence-corrected chi connectivity index (χ2v) is 12.2. The number of amides is 1. The van der Waals surface area contributed by atoms with Gasteiger partial charge in [-0.1, -0.05) is 18.2 Å². The van der Waals surface area contributed by atoms with Crippen molar-refractivity contribution in [2.45, 2.75) is 51.9 Å². The number of nitrogens with zero attached hydrogens (tertiary/aromatic N) is 1. The van der Waals surface area contributed by atoms with Crippen LogP contribution in [-0.4, -0.2) is 44.9 Å². The number of hydrogen-bond acceptors (Lipinski definition) is 3. The largest absolute Gasteiger partial charge is 1.00 e. The summed E-state index contributed by atoms with van der Waals surface area (Å²) < 4.78 is 3.16. The first-order valence-electron chi connectivity index (χ1n) is 11.1. The fraction of sp³-hybridized carbons (Fsp3) is 0.360. The SMILES string of the molecule is CC1=[N+](CCCCCC(=O)Nc2c(I)c(C(=O)O)c(I)c(C(=O)O)c2I)c2ccccc2C1(C)C.[Br-]. The zero-order valence-corrected chi connectivity index (χ0v) is 28.0. The van der Waals surface area contributed by atoms with Gasteiger partial charge in [0.1, 0.15) is 6.54 Å². The average Bonchev–Trinajstić information content (AvgIpc) is 2.96. The molecule has 7 nitrogen and oxygen atoms in total. The monoisotopic (exact) mass is 894 g/mol. The maximum absolute atomic E-state index is 12.7. The van der Waals surface area contributed by atoms with Gasteiger partial charge < -0.3 is 32.5 Å². The van der Waals surface area contributed by atoms with Gasteiger partial charge in [-0.3, -0.25) is 4.79 Å². The standard InChI is InChI=1S/C25H25I3N2O5.BrH/c1-13-25(2,3)14-9-6-7-10-15(14)30(13)12-8-4-5-11-16(31)29-22-20(27)17(23(32)33)19(26)18(21(22)28)24(34)35;/h6-7,9-10H,4-5,8,11-12H2,1-3H3,(H2-,29,31,32,33,34,35);1H. The molecule has 1 amide bonds. The first-order valence-corrected chi connectivity index (χ1v) is 14.3. The molecular weight excluding hydrogens is 869 g/mol. The van der Waals surface area contributed by atoms with Gasteiger partial charge in [-0.2, -0.15) is 4.58 Å². The lowest BCUT2D eigenvalue weighted by Crippen LogP contribution is -3.00. The number of rotatable bonds is 9. The number of unbranched alkanes of at least 4 members (excludes halogenated alkanes) is 2. The maximum atomic E-state index is 12.7. The highest BCUT2D eigenvalue weighted by molar-refractivity contribution is 14.1. The predicted octanol–water partition coefficient (Wildman–Crippen LogP) is 3.50. The van der Waals surface area contributed by atoms with Crippen LogP contribution in [0, 0.1) is 10.7 Å². The third kappa shape index (κ3) is 6.25. The van der Waals surface area contributed by atoms with Crippen LogP contribution in [0.2, 0.25) is 0 Å². The smallest absolute Gasteiger partial charge is 0.337 e. The Kier molecular flexibility index (Phi) is 11.2. The zero-order chi connectivity index (χ0) is 26.1. The van der Waals surface area contributed by atoms with Crippen LogP contribution in [0.4, 0.5) is 11.4 Å². The van der Waals surface area contributed by atoms with E-state index in [-0.39, 0.29) is 55.1 Å². The van der Waals surface area contributed by atoms with Crippen LogP contribution in [0.5, 0.6) is 0 Å². The molecule has 194 valence electrons. The van der Waals surface area contributed by atoms with E-state index in [1.807, 2.05) is 45.2 Å². The molecule has 3 rings (SSSR count). The Morgan fingerprint density at radius 1 is 0.917 bits per heavy atom. The molecular formula is C25H26BrI3N2O5. The number of carboxylic acid groups (broad SMARTS) is 2. The minimum atomic E-state index is -1.23. The van der Waals surface area contributed by atoms with Crippen molar-refractivity contribution >= 4 is 103 Å². The van der Waals surface area contributed by atoms with Crippen LogP contribution in [0.15, 0.2) is 24.3 Å². The molecule has 0 saturated heterocycles. The van der Waals surface area contributed by atoms with Crippen molar-refractivity contribution in [3.63, 3.8) is 0 Å². The summed E-state index contributed by atoms with van der Waals surface area (Å²) in [6.07, 6.45) is 2.74. The number of fused-ring (bicyclic) bond motifs is 1. The van der Waals surface area contributed by atoms with Gasteiger partial charge in [0.15, 0.2) is 5.71 Å². The molecule has 0 spiro atoms. The Morgan fingerprint density at radius 2 is 1.47 bits per heavy atom. The molecule has 0 atom stereocenters. The number of nitrogens with one attached hydrogen (secondary N) is 1. The fourth-order valence-electron chi connectivity index (χ4n) is 4.32. The van der Waals surface area contributed by atoms with E-state index in [0.29, 0.717) is 13.6 Å². The summed E-state index contributed by atoms with van der Waals surface area (Å²) >= 11 is 5.44. The molecule has 1 heterocycles. The second-order valence-electron chi connectivity index (χ2n) is 8.92. The molecule has 1 aliphatic heterocycles. The Bertz CT molecular complexity index is 1220. The van der Waals surface area contributed by atoms with E-state index in [4.69, 9.17) is 0 Å². The lowest BCUT2D eigenvalue weighted by atomic mass is 9.82. The van der Waals surface area contributed by atoms with Crippen LogP contribution < -0.4 is 22.3 Å². The Labute approximate surface area is 261 Å². The Balaban J connectivity index is 0.00000456. The molecule has 0 radical (unpaired) electrons. The summed E-state index contributed by atoms with van der Waals surface area (Å²) in [4.78, 5) is 36.1. The molecule has 3 N–H and O–H groups in total. The van der Waals surface area contributed by atoms with Crippen molar-refractivity contribution in [2.75, 3.05) is 11.9 Å². The molecule has 2 aromatic rings. The lowest BCUT2D eigenvalue weighted by Gasteiger charge is -2.16. The zero-order valence-electron chi connectivity index (χ0n) is 19.9. The minimum absolute atomic E-state index is 0. The highest BCUT2D eigenvalue weighted by Gasteiger charge is 2.42.